The van der Waals surface area contributed by atoms with Gasteiger partial charge in [-0.25, -0.2) is 13.1 Å². The fraction of sp³-hybridized carbons (Fsp3) is 0.500. The molecule has 2 N–H and O–H groups in total. The molecule has 1 aromatic heterocycles. The summed E-state index contributed by atoms with van der Waals surface area (Å²) in [7, 11) is -1.46. The van der Waals surface area contributed by atoms with Crippen molar-refractivity contribution in [2.24, 2.45) is 0 Å². The van der Waals surface area contributed by atoms with Crippen molar-refractivity contribution in [3.05, 3.63) is 21.3 Å². The first-order chi connectivity index (χ1) is 7.03. The largest absolute Gasteiger partial charge is 0.319 e. The standard InChI is InChI=1S/C8H13ClN2O2S2/c1-10-4-5-15(12,13)11-6-7-2-3-8(9)14-7/h2-3,10-11H,4-6H2,1H3. The molecule has 0 aromatic carbocycles. The van der Waals surface area contributed by atoms with Gasteiger partial charge in [-0.1, -0.05) is 11.6 Å². The van der Waals surface area contributed by atoms with E-state index in [2.05, 4.69) is 10.0 Å². The average molecular weight is 269 g/mol. The summed E-state index contributed by atoms with van der Waals surface area (Å²) >= 11 is 7.10. The Bertz CT molecular complexity index is 403. The summed E-state index contributed by atoms with van der Waals surface area (Å²) in [5.74, 6) is 0.0859. The Morgan fingerprint density at radius 1 is 1.47 bits per heavy atom. The van der Waals surface area contributed by atoms with Gasteiger partial charge in [0.05, 0.1) is 10.1 Å². The summed E-state index contributed by atoms with van der Waals surface area (Å²) in [6.45, 7) is 0.754. The molecular formula is C8H13ClN2O2S2. The third-order valence-corrected chi connectivity index (χ3v) is 4.27. The lowest BCUT2D eigenvalue weighted by Crippen LogP contribution is -2.30. The summed E-state index contributed by atoms with van der Waals surface area (Å²) in [6.07, 6.45) is 0. The molecule has 0 spiro atoms. The Balaban J connectivity index is 2.42. The first-order valence-corrected chi connectivity index (χ1v) is 7.24. The van der Waals surface area contributed by atoms with Crippen LogP contribution in [0.15, 0.2) is 12.1 Å². The molecule has 86 valence electrons. The van der Waals surface area contributed by atoms with Gasteiger partial charge >= 0.3 is 0 Å². The van der Waals surface area contributed by atoms with Gasteiger partial charge in [0.25, 0.3) is 0 Å². The SMILES string of the molecule is CNCCS(=O)(=O)NCc1ccc(Cl)s1. The van der Waals surface area contributed by atoms with E-state index in [-0.39, 0.29) is 5.75 Å². The number of nitrogens with one attached hydrogen (secondary N) is 2. The van der Waals surface area contributed by atoms with Crippen LogP contribution in [0.5, 0.6) is 0 Å². The van der Waals surface area contributed by atoms with Gasteiger partial charge in [-0.3, -0.25) is 0 Å². The molecule has 0 unspecified atom stereocenters. The average Bonchev–Trinajstić information content (AvgIpc) is 2.59. The van der Waals surface area contributed by atoms with Crippen molar-refractivity contribution in [1.82, 2.24) is 10.0 Å². The minimum atomic E-state index is -3.18. The van der Waals surface area contributed by atoms with E-state index in [1.165, 1.54) is 11.3 Å². The highest BCUT2D eigenvalue weighted by molar-refractivity contribution is 7.89. The molecule has 0 aliphatic heterocycles. The van der Waals surface area contributed by atoms with Crippen LogP contribution in [0.25, 0.3) is 0 Å². The van der Waals surface area contributed by atoms with Crippen molar-refractivity contribution in [3.63, 3.8) is 0 Å². The van der Waals surface area contributed by atoms with E-state index in [4.69, 9.17) is 11.6 Å². The molecule has 0 amide bonds. The lowest BCUT2D eigenvalue weighted by molar-refractivity contribution is 0.579. The van der Waals surface area contributed by atoms with Crippen LogP contribution in [0.1, 0.15) is 4.88 Å². The van der Waals surface area contributed by atoms with Gasteiger partial charge in [0, 0.05) is 18.0 Å². The Morgan fingerprint density at radius 2 is 2.20 bits per heavy atom. The normalized spacial score (nSPS) is 11.9. The monoisotopic (exact) mass is 268 g/mol. The minimum absolute atomic E-state index is 0.0859. The number of thiophene rings is 1. The molecular weight excluding hydrogens is 256 g/mol. The summed E-state index contributed by atoms with van der Waals surface area (Å²) in [5.41, 5.74) is 0. The van der Waals surface area contributed by atoms with E-state index >= 15 is 0 Å². The zero-order valence-electron chi connectivity index (χ0n) is 8.29. The molecule has 0 fully saturated rings. The Labute approximate surface area is 98.7 Å². The minimum Gasteiger partial charge on any atom is -0.319 e. The molecule has 0 radical (unpaired) electrons. The van der Waals surface area contributed by atoms with Gasteiger partial charge in [0.1, 0.15) is 0 Å². The Kier molecular flexibility index (Phi) is 5.01. The van der Waals surface area contributed by atoms with Crippen LogP contribution in [0.4, 0.5) is 0 Å². The lowest BCUT2D eigenvalue weighted by Gasteiger charge is -2.04. The number of hydrogen-bond donors (Lipinski definition) is 2. The number of hydrogen-bond acceptors (Lipinski definition) is 4. The van der Waals surface area contributed by atoms with Crippen molar-refractivity contribution >= 4 is 33.0 Å². The van der Waals surface area contributed by atoms with Gasteiger partial charge in [-0.05, 0) is 19.2 Å². The molecule has 7 heteroatoms. The highest BCUT2D eigenvalue weighted by Gasteiger charge is 2.09. The quantitative estimate of drug-likeness (QED) is 0.811. The maximum atomic E-state index is 11.4. The smallest absolute Gasteiger partial charge is 0.213 e. The van der Waals surface area contributed by atoms with Crippen molar-refractivity contribution in [1.29, 1.82) is 0 Å². The fourth-order valence-electron chi connectivity index (χ4n) is 0.936. The van der Waals surface area contributed by atoms with Crippen LogP contribution < -0.4 is 10.0 Å². The van der Waals surface area contributed by atoms with E-state index in [0.717, 1.165) is 4.88 Å². The second-order valence-electron chi connectivity index (χ2n) is 2.95. The van der Waals surface area contributed by atoms with Gasteiger partial charge in [0.2, 0.25) is 10.0 Å². The van der Waals surface area contributed by atoms with Gasteiger partial charge in [0.15, 0.2) is 0 Å². The zero-order chi connectivity index (χ0) is 11.3. The van der Waals surface area contributed by atoms with E-state index in [9.17, 15) is 8.42 Å². The highest BCUT2D eigenvalue weighted by Crippen LogP contribution is 2.21. The summed E-state index contributed by atoms with van der Waals surface area (Å²) in [4.78, 5) is 0.910. The summed E-state index contributed by atoms with van der Waals surface area (Å²) in [5, 5.41) is 2.79. The van der Waals surface area contributed by atoms with Crippen molar-refractivity contribution in [3.8, 4) is 0 Å². The van der Waals surface area contributed by atoms with Crippen molar-refractivity contribution < 1.29 is 8.42 Å². The second kappa shape index (κ2) is 5.81. The van der Waals surface area contributed by atoms with E-state index in [1.807, 2.05) is 6.07 Å². The zero-order valence-corrected chi connectivity index (χ0v) is 10.7. The number of halogens is 1. The molecule has 4 nitrogen and oxygen atoms in total. The van der Waals surface area contributed by atoms with E-state index in [1.54, 1.807) is 13.1 Å². The maximum absolute atomic E-state index is 11.4. The molecule has 0 bridgehead atoms. The van der Waals surface area contributed by atoms with E-state index in [0.29, 0.717) is 17.4 Å². The first-order valence-electron chi connectivity index (χ1n) is 4.39. The molecule has 0 aliphatic carbocycles. The molecule has 1 rings (SSSR count). The molecule has 0 atom stereocenters. The predicted molar refractivity (Wildman–Crippen MR) is 63.9 cm³/mol. The van der Waals surface area contributed by atoms with Crippen LogP contribution in [0.3, 0.4) is 0 Å². The third kappa shape index (κ3) is 4.94. The van der Waals surface area contributed by atoms with Crippen LogP contribution >= 0.6 is 22.9 Å². The predicted octanol–water partition coefficient (Wildman–Crippen LogP) is 1.04. The first kappa shape index (κ1) is 12.9. The molecule has 1 heterocycles. The van der Waals surface area contributed by atoms with Gasteiger partial charge < -0.3 is 5.32 Å². The Morgan fingerprint density at radius 3 is 2.73 bits per heavy atom. The van der Waals surface area contributed by atoms with Crippen LogP contribution in [0.2, 0.25) is 4.34 Å². The van der Waals surface area contributed by atoms with Crippen molar-refractivity contribution in [2.75, 3.05) is 19.3 Å². The second-order valence-corrected chi connectivity index (χ2v) is 6.68. The van der Waals surface area contributed by atoms with Crippen LogP contribution in [0, 0.1) is 0 Å². The molecule has 0 saturated heterocycles. The van der Waals surface area contributed by atoms with Crippen LogP contribution in [-0.2, 0) is 16.6 Å². The highest BCUT2D eigenvalue weighted by atomic mass is 35.5. The third-order valence-electron chi connectivity index (χ3n) is 1.72. The Hall–Kier alpha value is -0.140. The topological polar surface area (TPSA) is 58.2 Å². The van der Waals surface area contributed by atoms with Crippen molar-refractivity contribution in [2.45, 2.75) is 6.54 Å². The van der Waals surface area contributed by atoms with Crippen LogP contribution in [-0.4, -0.2) is 27.8 Å². The summed E-state index contributed by atoms with van der Waals surface area (Å²) < 4.78 is 26.0. The lowest BCUT2D eigenvalue weighted by atomic mass is 10.5. The number of rotatable bonds is 6. The molecule has 15 heavy (non-hydrogen) atoms. The molecule has 0 saturated carbocycles. The summed E-state index contributed by atoms with van der Waals surface area (Å²) in [6, 6.07) is 3.57. The molecule has 1 aromatic rings. The number of sulfonamides is 1. The van der Waals surface area contributed by atoms with Gasteiger partial charge in [-0.15, -0.1) is 11.3 Å². The van der Waals surface area contributed by atoms with E-state index < -0.39 is 10.0 Å². The maximum Gasteiger partial charge on any atom is 0.213 e. The van der Waals surface area contributed by atoms with Gasteiger partial charge in [-0.2, -0.15) is 0 Å². The fourth-order valence-corrected chi connectivity index (χ4v) is 3.05. The molecule has 0 aliphatic rings.